The minimum atomic E-state index is -0.581. The van der Waals surface area contributed by atoms with Gasteiger partial charge in [0.05, 0.1) is 0 Å². The third-order valence-corrected chi connectivity index (χ3v) is 6.97. The number of aromatic nitrogens is 3. The Balaban J connectivity index is 1.58. The highest BCUT2D eigenvalue weighted by Crippen LogP contribution is 2.37. The lowest BCUT2D eigenvalue weighted by molar-refractivity contribution is -0.115. The van der Waals surface area contributed by atoms with Crippen molar-refractivity contribution >= 4 is 29.1 Å². The summed E-state index contributed by atoms with van der Waals surface area (Å²) in [4.78, 5) is 25.0. The molecule has 1 heterocycles. The summed E-state index contributed by atoms with van der Waals surface area (Å²) in [6, 6.07) is 16.4. The second-order valence-corrected chi connectivity index (χ2v) is 9.15. The number of nitrogens with two attached hydrogens (primary N) is 1. The van der Waals surface area contributed by atoms with Gasteiger partial charge in [0.15, 0.2) is 11.6 Å². The Kier molecular flexibility index (Phi) is 6.90. The molecule has 1 aliphatic rings. The Hall–Kier alpha value is -3.13. The van der Waals surface area contributed by atoms with Crippen LogP contribution in [-0.2, 0) is 4.79 Å². The van der Waals surface area contributed by atoms with Crippen LogP contribution in [0.5, 0.6) is 0 Å². The maximum absolute atomic E-state index is 13.3. The van der Waals surface area contributed by atoms with Crippen molar-refractivity contribution in [1.29, 1.82) is 0 Å². The summed E-state index contributed by atoms with van der Waals surface area (Å²) >= 11 is 1.28. The SMILES string of the molecule is CC(=O)c1cccc(NC(=O)C(Sc2nnc(C3CCCCC3)n2N)c2ccccc2)c1. The molecule has 1 aliphatic carbocycles. The molecule has 0 radical (unpaired) electrons. The fourth-order valence-electron chi connectivity index (χ4n) is 4.04. The first-order valence-corrected chi connectivity index (χ1v) is 11.7. The van der Waals surface area contributed by atoms with Crippen LogP contribution < -0.4 is 11.2 Å². The lowest BCUT2D eigenvalue weighted by Crippen LogP contribution is -2.22. The molecule has 0 bridgehead atoms. The third-order valence-electron chi connectivity index (χ3n) is 5.76. The van der Waals surface area contributed by atoms with Crippen LogP contribution >= 0.6 is 11.8 Å². The first kappa shape index (κ1) is 22.1. The topological polar surface area (TPSA) is 103 Å². The van der Waals surface area contributed by atoms with Gasteiger partial charge in [0.1, 0.15) is 5.25 Å². The van der Waals surface area contributed by atoms with Crippen molar-refractivity contribution in [2.45, 2.75) is 55.4 Å². The summed E-state index contributed by atoms with van der Waals surface area (Å²) in [6.45, 7) is 1.50. The van der Waals surface area contributed by atoms with Gasteiger partial charge in [-0.25, -0.2) is 4.68 Å². The zero-order valence-corrected chi connectivity index (χ0v) is 18.8. The smallest absolute Gasteiger partial charge is 0.242 e. The number of nitrogen functional groups attached to an aromatic ring is 1. The first-order chi connectivity index (χ1) is 15.5. The maximum atomic E-state index is 13.3. The van der Waals surface area contributed by atoms with Crippen molar-refractivity contribution in [2.24, 2.45) is 0 Å². The van der Waals surface area contributed by atoms with E-state index in [0.29, 0.717) is 22.3 Å². The van der Waals surface area contributed by atoms with Crippen molar-refractivity contribution in [1.82, 2.24) is 14.9 Å². The molecule has 8 heteroatoms. The summed E-state index contributed by atoms with van der Waals surface area (Å²) in [5.74, 6) is 7.20. The number of hydrogen-bond acceptors (Lipinski definition) is 6. The number of thioether (sulfide) groups is 1. The van der Waals surface area contributed by atoms with E-state index in [4.69, 9.17) is 5.84 Å². The molecule has 3 N–H and O–H groups in total. The summed E-state index contributed by atoms with van der Waals surface area (Å²) in [5.41, 5.74) is 1.95. The normalized spacial score (nSPS) is 15.3. The van der Waals surface area contributed by atoms with Crippen LogP contribution in [0.15, 0.2) is 59.8 Å². The van der Waals surface area contributed by atoms with Crippen molar-refractivity contribution in [3.05, 3.63) is 71.5 Å². The van der Waals surface area contributed by atoms with Gasteiger partial charge < -0.3 is 11.2 Å². The van der Waals surface area contributed by atoms with E-state index in [2.05, 4.69) is 15.5 Å². The van der Waals surface area contributed by atoms with Crippen LogP contribution in [0.2, 0.25) is 0 Å². The molecule has 1 unspecified atom stereocenters. The highest BCUT2D eigenvalue weighted by molar-refractivity contribution is 8.00. The number of rotatable bonds is 7. The van der Waals surface area contributed by atoms with E-state index in [1.54, 1.807) is 28.9 Å². The molecule has 7 nitrogen and oxygen atoms in total. The average molecular weight is 450 g/mol. The molecule has 1 fully saturated rings. The number of carbonyl (C=O) groups is 2. The van der Waals surface area contributed by atoms with E-state index in [1.165, 1.54) is 37.9 Å². The summed E-state index contributed by atoms with van der Waals surface area (Å²) in [7, 11) is 0. The minimum absolute atomic E-state index is 0.0541. The predicted molar refractivity (Wildman–Crippen MR) is 126 cm³/mol. The van der Waals surface area contributed by atoms with E-state index < -0.39 is 5.25 Å². The van der Waals surface area contributed by atoms with Gasteiger partial charge >= 0.3 is 0 Å². The van der Waals surface area contributed by atoms with Gasteiger partial charge in [-0.2, -0.15) is 0 Å². The maximum Gasteiger partial charge on any atom is 0.242 e. The zero-order chi connectivity index (χ0) is 22.5. The van der Waals surface area contributed by atoms with Gasteiger partial charge in [0.25, 0.3) is 0 Å². The summed E-state index contributed by atoms with van der Waals surface area (Å²) in [6.07, 6.45) is 5.73. The molecular formula is C24H27N5O2S. The van der Waals surface area contributed by atoms with Crippen molar-refractivity contribution in [3.8, 4) is 0 Å². The van der Waals surface area contributed by atoms with Crippen LogP contribution in [0.25, 0.3) is 0 Å². The number of hydrogen-bond donors (Lipinski definition) is 2. The van der Waals surface area contributed by atoms with Gasteiger partial charge in [0, 0.05) is 17.2 Å². The van der Waals surface area contributed by atoms with Crippen LogP contribution in [0.1, 0.15) is 71.9 Å². The number of amides is 1. The van der Waals surface area contributed by atoms with Gasteiger partial charge in [-0.3, -0.25) is 9.59 Å². The van der Waals surface area contributed by atoms with Gasteiger partial charge in [-0.15, -0.1) is 10.2 Å². The molecule has 1 saturated carbocycles. The molecule has 1 aromatic heterocycles. The molecular weight excluding hydrogens is 422 g/mol. The molecule has 4 rings (SSSR count). The lowest BCUT2D eigenvalue weighted by Gasteiger charge is -2.20. The Morgan fingerprint density at radius 3 is 2.53 bits per heavy atom. The number of ketones is 1. The summed E-state index contributed by atoms with van der Waals surface area (Å²) in [5, 5.41) is 11.5. The fraction of sp³-hybridized carbons (Fsp3) is 0.333. The molecule has 32 heavy (non-hydrogen) atoms. The number of benzene rings is 2. The average Bonchev–Trinajstić information content (AvgIpc) is 3.18. The van der Waals surface area contributed by atoms with Gasteiger partial charge in [0.2, 0.25) is 11.1 Å². The van der Waals surface area contributed by atoms with Crippen LogP contribution in [0.4, 0.5) is 5.69 Å². The Morgan fingerprint density at radius 2 is 1.81 bits per heavy atom. The first-order valence-electron chi connectivity index (χ1n) is 10.9. The summed E-state index contributed by atoms with van der Waals surface area (Å²) < 4.78 is 1.54. The Morgan fingerprint density at radius 1 is 1.06 bits per heavy atom. The number of nitrogens with zero attached hydrogens (tertiary/aromatic N) is 3. The fourth-order valence-corrected chi connectivity index (χ4v) is 5.00. The second-order valence-electron chi connectivity index (χ2n) is 8.08. The Bertz CT molecular complexity index is 1090. The monoisotopic (exact) mass is 449 g/mol. The van der Waals surface area contributed by atoms with E-state index in [1.807, 2.05) is 30.3 Å². The number of Topliss-reactive ketones (excluding diaryl/α,β-unsaturated/α-hetero) is 1. The quantitative estimate of drug-likeness (QED) is 0.307. The highest BCUT2D eigenvalue weighted by Gasteiger charge is 2.28. The number of anilines is 1. The second kappa shape index (κ2) is 9.99. The third kappa shape index (κ3) is 5.02. The van der Waals surface area contributed by atoms with E-state index in [9.17, 15) is 9.59 Å². The molecule has 0 aliphatic heterocycles. The van der Waals surface area contributed by atoms with Gasteiger partial charge in [-0.1, -0.05) is 73.5 Å². The van der Waals surface area contributed by atoms with Crippen LogP contribution in [0, 0.1) is 0 Å². The van der Waals surface area contributed by atoms with E-state index in [-0.39, 0.29) is 11.7 Å². The molecule has 3 aromatic rings. The van der Waals surface area contributed by atoms with E-state index >= 15 is 0 Å². The van der Waals surface area contributed by atoms with Crippen molar-refractivity contribution in [2.75, 3.05) is 11.2 Å². The highest BCUT2D eigenvalue weighted by atomic mass is 32.2. The number of nitrogens with one attached hydrogen (secondary N) is 1. The largest absolute Gasteiger partial charge is 0.336 e. The van der Waals surface area contributed by atoms with Crippen molar-refractivity contribution in [3.63, 3.8) is 0 Å². The molecule has 2 aromatic carbocycles. The van der Waals surface area contributed by atoms with Crippen molar-refractivity contribution < 1.29 is 9.59 Å². The number of carbonyl (C=O) groups excluding carboxylic acids is 2. The molecule has 0 saturated heterocycles. The Labute approximate surface area is 191 Å². The van der Waals surface area contributed by atoms with E-state index in [0.717, 1.165) is 24.2 Å². The van der Waals surface area contributed by atoms with Crippen LogP contribution in [-0.4, -0.2) is 26.6 Å². The zero-order valence-electron chi connectivity index (χ0n) is 18.0. The molecule has 1 amide bonds. The molecule has 1 atom stereocenters. The lowest BCUT2D eigenvalue weighted by atomic mass is 9.89. The van der Waals surface area contributed by atoms with Gasteiger partial charge in [-0.05, 0) is 37.5 Å². The predicted octanol–water partition coefficient (Wildman–Crippen LogP) is 4.71. The van der Waals surface area contributed by atoms with Crippen LogP contribution in [0.3, 0.4) is 0 Å². The molecule has 166 valence electrons. The standard InChI is InChI=1S/C24H27N5O2S/c1-16(30)19-13-8-14-20(15-19)26-23(31)21(17-9-4-2-5-10-17)32-24-28-27-22(29(24)25)18-11-6-3-7-12-18/h2,4-5,8-10,13-15,18,21H,3,6-7,11-12,25H2,1H3,(H,26,31). The minimum Gasteiger partial charge on any atom is -0.336 e. The molecule has 0 spiro atoms.